The van der Waals surface area contributed by atoms with Gasteiger partial charge in [0.2, 0.25) is 6.10 Å². The molecule has 1 fully saturated rings. The number of unbranched alkanes of at least 4 members (excludes halogenated alkanes) is 14. The summed E-state index contributed by atoms with van der Waals surface area (Å²) in [5, 5.41) is 22.7. The van der Waals surface area contributed by atoms with E-state index in [0.717, 1.165) is 36.9 Å². The van der Waals surface area contributed by atoms with Crippen LogP contribution in [0.3, 0.4) is 0 Å². The summed E-state index contributed by atoms with van der Waals surface area (Å²) in [5.74, 6) is -0.194. The van der Waals surface area contributed by atoms with E-state index < -0.39 is 35.2 Å². The fraction of sp³-hybridized carbons (Fsp3) is 0.636. The maximum atomic E-state index is 14.0. The predicted octanol–water partition coefficient (Wildman–Crippen LogP) is 8.55. The summed E-state index contributed by atoms with van der Waals surface area (Å²) in [6.07, 6.45) is 20.4. The predicted molar refractivity (Wildman–Crippen MR) is 202 cm³/mol. The van der Waals surface area contributed by atoms with E-state index in [1.54, 1.807) is 18.2 Å². The van der Waals surface area contributed by atoms with E-state index in [1.807, 2.05) is 37.4 Å². The summed E-state index contributed by atoms with van der Waals surface area (Å²) >= 11 is 0. The molecule has 2 aromatic rings. The molecule has 8 heteroatoms. The molecule has 2 unspecified atom stereocenters. The number of nitrogens with zero attached hydrogens (tertiary/aromatic N) is 1. The number of hydrogen-bond donors (Lipinski definition) is 2. The van der Waals surface area contributed by atoms with Gasteiger partial charge in [0.25, 0.3) is 0 Å². The summed E-state index contributed by atoms with van der Waals surface area (Å²) < 4.78 is 18.7. The Labute approximate surface area is 310 Å². The lowest BCUT2D eigenvalue weighted by Gasteiger charge is -2.61. The third-order valence-corrected chi connectivity index (χ3v) is 12.4. The number of esters is 2. The zero-order valence-corrected chi connectivity index (χ0v) is 31.6. The summed E-state index contributed by atoms with van der Waals surface area (Å²) in [4.78, 5) is 29.4. The second-order valence-corrected chi connectivity index (χ2v) is 15.8. The first kappa shape index (κ1) is 38.5. The zero-order chi connectivity index (χ0) is 36.6. The first-order chi connectivity index (χ1) is 25.3. The van der Waals surface area contributed by atoms with Crippen LogP contribution in [0.5, 0.6) is 5.75 Å². The van der Waals surface area contributed by atoms with Crippen molar-refractivity contribution in [1.29, 1.82) is 0 Å². The molecule has 2 aliphatic heterocycles. The average Bonchev–Trinajstić information content (AvgIpc) is 3.51. The Morgan fingerprint density at radius 1 is 0.904 bits per heavy atom. The van der Waals surface area contributed by atoms with Gasteiger partial charge in [-0.25, -0.2) is 4.79 Å². The number of likely N-dealkylation sites (tertiary alicyclic amines) is 1. The third-order valence-electron chi connectivity index (χ3n) is 12.4. The smallest absolute Gasteiger partial charge is 0.357 e. The van der Waals surface area contributed by atoms with Crippen molar-refractivity contribution in [3.05, 3.63) is 76.6 Å². The van der Waals surface area contributed by atoms with E-state index in [0.29, 0.717) is 41.9 Å². The van der Waals surface area contributed by atoms with Gasteiger partial charge in [0.1, 0.15) is 11.5 Å². The molecule has 2 aliphatic carbocycles. The number of aliphatic hydroxyl groups excluding tert-OH is 1. The van der Waals surface area contributed by atoms with Gasteiger partial charge in [0.15, 0.2) is 6.10 Å². The number of benzene rings is 2. The summed E-state index contributed by atoms with van der Waals surface area (Å²) in [7, 11) is 2.05. The first-order valence-electron chi connectivity index (χ1n) is 20.4. The molecule has 284 valence electrons. The Bertz CT molecular complexity index is 1540. The topological polar surface area (TPSA) is 106 Å². The zero-order valence-electron chi connectivity index (χ0n) is 31.6. The first-order valence-corrected chi connectivity index (χ1v) is 20.4. The number of ether oxygens (including phenoxy) is 3. The average molecular weight is 716 g/mol. The molecule has 2 heterocycles. The molecule has 0 saturated carbocycles. The number of piperidine rings is 1. The molecular weight excluding hydrogens is 654 g/mol. The van der Waals surface area contributed by atoms with Crippen molar-refractivity contribution in [2.24, 2.45) is 0 Å². The molecular formula is C44H61NO7. The molecule has 5 atom stereocenters. The van der Waals surface area contributed by atoms with E-state index in [-0.39, 0.29) is 19.1 Å². The van der Waals surface area contributed by atoms with Crippen LogP contribution in [0.25, 0.3) is 0 Å². The van der Waals surface area contributed by atoms with Crippen molar-refractivity contribution >= 4 is 11.9 Å². The van der Waals surface area contributed by atoms with Gasteiger partial charge < -0.3 is 29.3 Å². The van der Waals surface area contributed by atoms with Crippen LogP contribution < -0.4 is 4.74 Å². The Kier molecular flexibility index (Phi) is 13.1. The molecule has 52 heavy (non-hydrogen) atoms. The van der Waals surface area contributed by atoms with Gasteiger partial charge in [-0.15, -0.1) is 0 Å². The van der Waals surface area contributed by atoms with Crippen molar-refractivity contribution in [2.45, 2.75) is 165 Å². The largest absolute Gasteiger partial charge is 0.481 e. The van der Waals surface area contributed by atoms with Crippen LogP contribution >= 0.6 is 0 Å². The van der Waals surface area contributed by atoms with E-state index in [1.165, 1.54) is 77.0 Å². The number of carbonyl (C=O) groups is 2. The van der Waals surface area contributed by atoms with Crippen molar-refractivity contribution < 1.29 is 34.0 Å². The standard InChI is InChI=1S/C44H61NO7/c1-3-4-5-6-7-8-9-10-11-12-13-14-15-16-20-23-37(47)51-40(32-21-18-17-19-22-32)42(48)50-35-26-27-44(49)36-30-33-24-25-34(31-46)39-38(33)43(44,41(35)52-39)28-29-45(36)2/h17-19,21-22,24-26,36,40-41,46,49H,3-16,20,23,27-31H2,1-2H3/t36-,40+,41?,43?,44-/m1/s1. The Morgan fingerprint density at radius 2 is 1.54 bits per heavy atom. The summed E-state index contributed by atoms with van der Waals surface area (Å²) in [6.45, 7) is 2.82. The van der Waals surface area contributed by atoms with Gasteiger partial charge in [-0.3, -0.25) is 4.79 Å². The number of carbonyl (C=O) groups excluding carboxylic acids is 2. The quantitative estimate of drug-likeness (QED) is 0.0979. The lowest BCUT2D eigenvalue weighted by molar-refractivity contribution is -0.176. The normalized spacial score (nSPS) is 24.8. The highest BCUT2D eigenvalue weighted by molar-refractivity contribution is 5.82. The number of likely N-dealkylation sites (N-methyl/N-ethyl adjacent to an activating group) is 1. The fourth-order valence-corrected chi connectivity index (χ4v) is 9.51. The van der Waals surface area contributed by atoms with Crippen LogP contribution in [-0.4, -0.2) is 58.4 Å². The van der Waals surface area contributed by atoms with E-state index in [9.17, 15) is 19.8 Å². The lowest BCUT2D eigenvalue weighted by Crippen LogP contribution is -2.74. The van der Waals surface area contributed by atoms with Gasteiger partial charge in [0, 0.05) is 35.6 Å². The van der Waals surface area contributed by atoms with Crippen molar-refractivity contribution in [2.75, 3.05) is 13.6 Å². The molecule has 8 nitrogen and oxygen atoms in total. The highest BCUT2D eigenvalue weighted by atomic mass is 16.6. The Balaban J connectivity index is 1.02. The van der Waals surface area contributed by atoms with Crippen LogP contribution in [0.2, 0.25) is 0 Å². The molecule has 4 aliphatic rings. The molecule has 1 saturated heterocycles. The molecule has 2 aromatic carbocycles. The maximum Gasteiger partial charge on any atom is 0.357 e. The van der Waals surface area contributed by atoms with Gasteiger partial charge in [0.05, 0.1) is 17.6 Å². The SMILES string of the molecule is CCCCCCCCCCCCCCCCCC(=O)O[C@H](C(=O)OC1=CC[C@@]2(O)[C@H]3Cc4ccc(CO)c5c4C2(CCN3C)C1O5)c1ccccc1. The number of aliphatic hydroxyl groups is 2. The second-order valence-electron chi connectivity index (χ2n) is 15.8. The monoisotopic (exact) mass is 715 g/mol. The van der Waals surface area contributed by atoms with Crippen molar-refractivity contribution in [3.63, 3.8) is 0 Å². The van der Waals surface area contributed by atoms with Crippen LogP contribution in [0, 0.1) is 0 Å². The summed E-state index contributed by atoms with van der Waals surface area (Å²) in [6, 6.07) is 12.8. The number of rotatable bonds is 21. The van der Waals surface area contributed by atoms with Crippen molar-refractivity contribution in [3.8, 4) is 5.75 Å². The summed E-state index contributed by atoms with van der Waals surface area (Å²) in [5.41, 5.74) is 1.27. The molecule has 0 aromatic heterocycles. The second kappa shape index (κ2) is 17.7. The van der Waals surface area contributed by atoms with Crippen LogP contribution in [0.4, 0.5) is 0 Å². The number of hydrogen-bond acceptors (Lipinski definition) is 8. The van der Waals surface area contributed by atoms with Crippen LogP contribution in [0.15, 0.2) is 54.3 Å². The molecule has 2 bridgehead atoms. The van der Waals surface area contributed by atoms with E-state index in [2.05, 4.69) is 11.8 Å². The van der Waals surface area contributed by atoms with Crippen molar-refractivity contribution in [1.82, 2.24) is 4.90 Å². The molecule has 6 rings (SSSR count). The highest BCUT2D eigenvalue weighted by Gasteiger charge is 2.72. The van der Waals surface area contributed by atoms with Gasteiger partial charge in [-0.2, -0.15) is 0 Å². The minimum Gasteiger partial charge on any atom is -0.481 e. The maximum absolute atomic E-state index is 14.0. The Hall–Kier alpha value is -3.20. The molecule has 2 N–H and O–H groups in total. The molecule has 1 spiro atoms. The van der Waals surface area contributed by atoms with Crippen LogP contribution in [0.1, 0.15) is 151 Å². The molecule has 0 amide bonds. The third kappa shape index (κ3) is 7.85. The minimum absolute atomic E-state index is 0.128. The van der Waals surface area contributed by atoms with Gasteiger partial charge >= 0.3 is 11.9 Å². The lowest BCUT2D eigenvalue weighted by atomic mass is 9.50. The minimum atomic E-state index is -1.23. The van der Waals surface area contributed by atoms with Gasteiger partial charge in [-0.05, 0) is 44.5 Å². The van der Waals surface area contributed by atoms with E-state index in [4.69, 9.17) is 14.2 Å². The Morgan fingerprint density at radius 3 is 2.17 bits per heavy atom. The van der Waals surface area contributed by atoms with Gasteiger partial charge in [-0.1, -0.05) is 139 Å². The highest BCUT2D eigenvalue weighted by Crippen LogP contribution is 2.64. The van der Waals surface area contributed by atoms with E-state index >= 15 is 0 Å². The molecule has 0 radical (unpaired) electrons. The fourth-order valence-electron chi connectivity index (χ4n) is 9.51. The van der Waals surface area contributed by atoms with Crippen LogP contribution in [-0.2, 0) is 37.5 Å².